The normalized spacial score (nSPS) is 21.4. The van der Waals surface area contributed by atoms with E-state index in [4.69, 9.17) is 10.1 Å². The van der Waals surface area contributed by atoms with Crippen molar-refractivity contribution in [1.29, 1.82) is 0 Å². The van der Waals surface area contributed by atoms with Crippen molar-refractivity contribution in [2.45, 2.75) is 84.0 Å². The van der Waals surface area contributed by atoms with Crippen LogP contribution in [0.3, 0.4) is 0 Å². The fraction of sp³-hybridized carbons (Fsp3) is 0.552. The second kappa shape index (κ2) is 10.1. The Morgan fingerprint density at radius 3 is 2.56 bits per heavy atom. The van der Waals surface area contributed by atoms with Crippen LogP contribution in [0.4, 0.5) is 5.69 Å². The molecule has 0 bridgehead atoms. The SMILES string of the molecule is CC#CCn1cc2c(n1)c(N1C[C@@H](CC)N(C(C)c3ccc(C4CC4)nc3)C[C@@H]1CC)cc(=O)n2C. The number of aryl methyl sites for hydroxylation is 1. The summed E-state index contributed by atoms with van der Waals surface area (Å²) in [6, 6.07) is 7.25. The highest BCUT2D eigenvalue weighted by Crippen LogP contribution is 2.39. The summed E-state index contributed by atoms with van der Waals surface area (Å²) in [5.41, 5.74) is 5.21. The molecule has 1 aliphatic carbocycles. The van der Waals surface area contributed by atoms with Gasteiger partial charge in [-0.25, -0.2) is 0 Å². The molecule has 1 unspecified atom stereocenters. The van der Waals surface area contributed by atoms with E-state index in [0.29, 0.717) is 30.6 Å². The Balaban J connectivity index is 1.46. The molecule has 1 saturated carbocycles. The van der Waals surface area contributed by atoms with Gasteiger partial charge in [-0.15, -0.1) is 5.92 Å². The van der Waals surface area contributed by atoms with Crippen molar-refractivity contribution in [2.24, 2.45) is 7.05 Å². The van der Waals surface area contributed by atoms with Gasteiger partial charge in [0.15, 0.2) is 0 Å². The maximum Gasteiger partial charge on any atom is 0.252 e. The molecular formula is C29H38N6O. The Hall–Kier alpha value is -3.11. The third-order valence-electron chi connectivity index (χ3n) is 8.13. The molecule has 3 aromatic rings. The molecule has 2 fully saturated rings. The number of aromatic nitrogens is 4. The Morgan fingerprint density at radius 1 is 1.14 bits per heavy atom. The minimum atomic E-state index is -0.000785. The highest BCUT2D eigenvalue weighted by Gasteiger charge is 2.36. The molecule has 36 heavy (non-hydrogen) atoms. The minimum absolute atomic E-state index is 0.000785. The van der Waals surface area contributed by atoms with Gasteiger partial charge in [-0.3, -0.25) is 19.4 Å². The number of rotatable bonds is 7. The first-order valence-electron chi connectivity index (χ1n) is 13.4. The summed E-state index contributed by atoms with van der Waals surface area (Å²) in [6.07, 6.45) is 8.63. The first-order chi connectivity index (χ1) is 17.4. The van der Waals surface area contributed by atoms with E-state index in [1.165, 1.54) is 24.1 Å². The van der Waals surface area contributed by atoms with Crippen LogP contribution in [-0.2, 0) is 13.6 Å². The summed E-state index contributed by atoms with van der Waals surface area (Å²) in [5, 5.41) is 4.87. The summed E-state index contributed by atoms with van der Waals surface area (Å²) in [4.78, 5) is 22.8. The molecule has 1 saturated heterocycles. The number of anilines is 1. The lowest BCUT2D eigenvalue weighted by atomic mass is 9.97. The molecule has 0 spiro atoms. The van der Waals surface area contributed by atoms with Gasteiger partial charge in [-0.05, 0) is 51.2 Å². The molecule has 3 aromatic heterocycles. The number of piperazine rings is 1. The average Bonchev–Trinajstić information content (AvgIpc) is 3.67. The summed E-state index contributed by atoms with van der Waals surface area (Å²) in [6.45, 7) is 11.0. The van der Waals surface area contributed by atoms with Crippen molar-refractivity contribution in [3.05, 3.63) is 52.2 Å². The number of nitrogens with zero attached hydrogens (tertiary/aromatic N) is 6. The molecule has 7 heteroatoms. The third kappa shape index (κ3) is 4.55. The lowest BCUT2D eigenvalue weighted by Crippen LogP contribution is -2.58. The van der Waals surface area contributed by atoms with Crippen LogP contribution in [0.1, 0.15) is 76.6 Å². The van der Waals surface area contributed by atoms with E-state index in [-0.39, 0.29) is 5.56 Å². The van der Waals surface area contributed by atoms with Gasteiger partial charge < -0.3 is 9.47 Å². The van der Waals surface area contributed by atoms with E-state index >= 15 is 0 Å². The van der Waals surface area contributed by atoms with Crippen molar-refractivity contribution >= 4 is 16.7 Å². The number of pyridine rings is 2. The van der Waals surface area contributed by atoms with E-state index in [1.807, 2.05) is 24.9 Å². The standard InChI is InChI=1S/C29H38N6O/c1-6-9-14-33-19-27-29(31-33)26(15-28(36)32(27)5)35-18-23(7-2)34(17-24(35)8-3)20(4)22-12-13-25(30-16-22)21-10-11-21/h12-13,15-16,19-21,23-24H,7-8,10-11,14,17-18H2,1-5H3/t20?,23-,24+/m1/s1. The molecule has 5 rings (SSSR count). The summed E-state index contributed by atoms with van der Waals surface area (Å²) >= 11 is 0. The Kier molecular flexibility index (Phi) is 6.90. The van der Waals surface area contributed by atoms with Crippen molar-refractivity contribution in [3.63, 3.8) is 0 Å². The van der Waals surface area contributed by atoms with Crippen LogP contribution in [0.2, 0.25) is 0 Å². The maximum atomic E-state index is 13.0. The van der Waals surface area contributed by atoms with Gasteiger partial charge >= 0.3 is 0 Å². The zero-order valence-corrected chi connectivity index (χ0v) is 22.2. The summed E-state index contributed by atoms with van der Waals surface area (Å²) in [7, 11) is 1.82. The van der Waals surface area contributed by atoms with Gasteiger partial charge in [0.25, 0.3) is 5.56 Å². The molecule has 0 aromatic carbocycles. The Bertz CT molecular complexity index is 1340. The number of hydrogen-bond donors (Lipinski definition) is 0. The molecule has 4 heterocycles. The van der Waals surface area contributed by atoms with Crippen LogP contribution in [-0.4, -0.2) is 49.4 Å². The number of hydrogen-bond acceptors (Lipinski definition) is 5. The summed E-state index contributed by atoms with van der Waals surface area (Å²) in [5.74, 6) is 6.69. The molecule has 190 valence electrons. The molecule has 0 radical (unpaired) electrons. The van der Waals surface area contributed by atoms with Crippen LogP contribution in [0.5, 0.6) is 0 Å². The zero-order chi connectivity index (χ0) is 25.4. The van der Waals surface area contributed by atoms with Crippen LogP contribution in [0.25, 0.3) is 11.0 Å². The monoisotopic (exact) mass is 486 g/mol. The quantitative estimate of drug-likeness (QED) is 0.461. The average molecular weight is 487 g/mol. The highest BCUT2D eigenvalue weighted by molar-refractivity contribution is 5.88. The fourth-order valence-corrected chi connectivity index (χ4v) is 5.63. The van der Waals surface area contributed by atoms with Gasteiger partial charge in [0, 0.05) is 62.1 Å². The van der Waals surface area contributed by atoms with E-state index in [9.17, 15) is 4.79 Å². The third-order valence-corrected chi connectivity index (χ3v) is 8.13. The topological polar surface area (TPSA) is 59.2 Å². The van der Waals surface area contributed by atoms with Crippen molar-refractivity contribution in [2.75, 3.05) is 18.0 Å². The van der Waals surface area contributed by atoms with Crippen molar-refractivity contribution in [1.82, 2.24) is 24.2 Å². The second-order valence-corrected chi connectivity index (χ2v) is 10.4. The van der Waals surface area contributed by atoms with Gasteiger partial charge in [0.1, 0.15) is 12.1 Å². The van der Waals surface area contributed by atoms with Crippen LogP contribution in [0, 0.1) is 11.8 Å². The van der Waals surface area contributed by atoms with Crippen LogP contribution < -0.4 is 10.5 Å². The number of fused-ring (bicyclic) bond motifs is 1. The smallest absolute Gasteiger partial charge is 0.252 e. The molecular weight excluding hydrogens is 448 g/mol. The molecule has 0 N–H and O–H groups in total. The molecule has 3 atom stereocenters. The van der Waals surface area contributed by atoms with Gasteiger partial charge in [-0.2, -0.15) is 5.10 Å². The first kappa shape index (κ1) is 24.6. The van der Waals surface area contributed by atoms with E-state index < -0.39 is 0 Å². The van der Waals surface area contributed by atoms with Crippen molar-refractivity contribution in [3.8, 4) is 11.8 Å². The predicted octanol–water partition coefficient (Wildman–Crippen LogP) is 4.47. The molecule has 1 aliphatic heterocycles. The van der Waals surface area contributed by atoms with E-state index in [0.717, 1.165) is 42.7 Å². The lowest BCUT2D eigenvalue weighted by Gasteiger charge is -2.49. The minimum Gasteiger partial charge on any atom is -0.364 e. The Labute approximate surface area is 214 Å². The van der Waals surface area contributed by atoms with Gasteiger partial charge in [0.2, 0.25) is 0 Å². The molecule has 2 aliphatic rings. The van der Waals surface area contributed by atoms with Crippen LogP contribution in [0.15, 0.2) is 35.4 Å². The maximum absolute atomic E-state index is 13.0. The first-order valence-corrected chi connectivity index (χ1v) is 13.4. The summed E-state index contributed by atoms with van der Waals surface area (Å²) < 4.78 is 3.54. The second-order valence-electron chi connectivity index (χ2n) is 10.4. The van der Waals surface area contributed by atoms with Crippen LogP contribution >= 0.6 is 0 Å². The fourth-order valence-electron chi connectivity index (χ4n) is 5.63. The van der Waals surface area contributed by atoms with Crippen molar-refractivity contribution < 1.29 is 0 Å². The van der Waals surface area contributed by atoms with Gasteiger partial charge in [0.05, 0.1) is 17.4 Å². The molecule has 0 amide bonds. The largest absolute Gasteiger partial charge is 0.364 e. The highest BCUT2D eigenvalue weighted by atomic mass is 16.1. The van der Waals surface area contributed by atoms with Gasteiger partial charge in [-0.1, -0.05) is 25.8 Å². The Morgan fingerprint density at radius 2 is 1.92 bits per heavy atom. The van der Waals surface area contributed by atoms with E-state index in [1.54, 1.807) is 10.6 Å². The zero-order valence-electron chi connectivity index (χ0n) is 22.2. The molecule has 7 nitrogen and oxygen atoms in total. The van der Waals surface area contributed by atoms with E-state index in [2.05, 4.69) is 60.7 Å². The predicted molar refractivity (Wildman–Crippen MR) is 145 cm³/mol. The lowest BCUT2D eigenvalue weighted by molar-refractivity contribution is 0.101.